The van der Waals surface area contributed by atoms with E-state index in [1.807, 2.05) is 0 Å². The Bertz CT molecular complexity index is 647. The molecule has 0 atom stereocenters. The molecule has 4 N–H and O–H groups in total. The first-order valence-corrected chi connectivity index (χ1v) is 6.33. The van der Waals surface area contributed by atoms with Crippen molar-refractivity contribution in [3.63, 3.8) is 0 Å². The van der Waals surface area contributed by atoms with E-state index in [-0.39, 0.29) is 12.2 Å². The summed E-state index contributed by atoms with van der Waals surface area (Å²) in [7, 11) is 1.54. The maximum absolute atomic E-state index is 13.7. The Kier molecular flexibility index (Phi) is 4.73. The molecule has 0 saturated carbocycles. The second-order valence-corrected chi connectivity index (χ2v) is 4.33. The van der Waals surface area contributed by atoms with E-state index in [2.05, 4.69) is 10.6 Å². The van der Waals surface area contributed by atoms with Crippen molar-refractivity contribution in [2.75, 3.05) is 17.7 Å². The van der Waals surface area contributed by atoms with E-state index in [0.717, 1.165) is 0 Å². The first-order chi connectivity index (χ1) is 10.1. The van der Waals surface area contributed by atoms with Crippen molar-refractivity contribution in [1.82, 2.24) is 0 Å². The van der Waals surface area contributed by atoms with Crippen LogP contribution in [0.25, 0.3) is 0 Å². The summed E-state index contributed by atoms with van der Waals surface area (Å²) in [6, 6.07) is 10.7. The highest BCUT2D eigenvalue weighted by molar-refractivity contribution is 5.99. The van der Waals surface area contributed by atoms with Crippen LogP contribution in [0.3, 0.4) is 0 Å². The second kappa shape index (κ2) is 6.71. The predicted molar refractivity (Wildman–Crippen MR) is 79.9 cm³/mol. The minimum atomic E-state index is -0.539. The van der Waals surface area contributed by atoms with Crippen LogP contribution in [0.15, 0.2) is 42.5 Å². The van der Waals surface area contributed by atoms with Gasteiger partial charge >= 0.3 is 6.03 Å². The average Bonchev–Trinajstić information content (AvgIpc) is 2.49. The van der Waals surface area contributed by atoms with Crippen molar-refractivity contribution < 1.29 is 13.9 Å². The molecule has 0 radical (unpaired) electrons. The van der Waals surface area contributed by atoms with Gasteiger partial charge in [-0.1, -0.05) is 12.1 Å². The number of benzene rings is 2. The summed E-state index contributed by atoms with van der Waals surface area (Å²) < 4.78 is 18.8. The summed E-state index contributed by atoms with van der Waals surface area (Å²) >= 11 is 0. The van der Waals surface area contributed by atoms with E-state index in [9.17, 15) is 9.18 Å². The van der Waals surface area contributed by atoms with Crippen molar-refractivity contribution in [2.24, 2.45) is 5.73 Å². The fraction of sp³-hybridized carbons (Fsp3) is 0.133. The van der Waals surface area contributed by atoms with Gasteiger partial charge in [0.05, 0.1) is 12.8 Å². The number of nitrogens with one attached hydrogen (secondary N) is 2. The zero-order chi connectivity index (χ0) is 15.2. The first-order valence-electron chi connectivity index (χ1n) is 6.33. The van der Waals surface area contributed by atoms with Gasteiger partial charge in [0.15, 0.2) is 0 Å². The maximum atomic E-state index is 13.7. The van der Waals surface area contributed by atoms with Gasteiger partial charge in [-0.25, -0.2) is 9.18 Å². The maximum Gasteiger partial charge on any atom is 0.323 e. The van der Waals surface area contributed by atoms with Crippen LogP contribution in [0.5, 0.6) is 5.75 Å². The minimum absolute atomic E-state index is 0.0904. The molecule has 6 heteroatoms. The number of amides is 2. The third kappa shape index (κ3) is 3.93. The molecule has 2 aromatic rings. The monoisotopic (exact) mass is 289 g/mol. The Balaban J connectivity index is 2.04. The summed E-state index contributed by atoms with van der Waals surface area (Å²) in [6.45, 7) is 0.243. The summed E-state index contributed by atoms with van der Waals surface area (Å²) in [5.41, 5.74) is 6.72. The lowest BCUT2D eigenvalue weighted by molar-refractivity contribution is 0.262. The molecule has 0 saturated heterocycles. The van der Waals surface area contributed by atoms with Crippen molar-refractivity contribution in [1.29, 1.82) is 0 Å². The molecule has 21 heavy (non-hydrogen) atoms. The molecule has 0 aliphatic heterocycles. The molecule has 2 rings (SSSR count). The number of ether oxygens (including phenoxy) is 1. The molecule has 0 aliphatic rings. The lowest BCUT2D eigenvalue weighted by atomic mass is 10.2. The Labute approximate surface area is 121 Å². The van der Waals surface area contributed by atoms with Crippen LogP contribution in [-0.4, -0.2) is 13.1 Å². The topological polar surface area (TPSA) is 76.4 Å². The minimum Gasteiger partial charge on any atom is -0.497 e. The Morgan fingerprint density at radius 3 is 2.71 bits per heavy atom. The number of halogens is 1. The Morgan fingerprint density at radius 1 is 1.24 bits per heavy atom. The zero-order valence-electron chi connectivity index (χ0n) is 11.5. The average molecular weight is 289 g/mol. The number of hydrogen-bond donors (Lipinski definition) is 3. The number of hydrogen-bond acceptors (Lipinski definition) is 3. The van der Waals surface area contributed by atoms with E-state index in [1.165, 1.54) is 19.2 Å². The molecule has 0 spiro atoms. The SMILES string of the molecule is COc1cccc(NC(=O)Nc2ccc(CN)cc2F)c1. The van der Waals surface area contributed by atoms with Crippen LogP contribution in [0.1, 0.15) is 5.56 Å². The first kappa shape index (κ1) is 14.8. The van der Waals surface area contributed by atoms with Gasteiger partial charge in [-0.05, 0) is 29.8 Å². The second-order valence-electron chi connectivity index (χ2n) is 4.33. The molecule has 0 aromatic heterocycles. The standard InChI is InChI=1S/C15H16FN3O2/c1-21-12-4-2-3-11(8-12)18-15(20)19-14-6-5-10(9-17)7-13(14)16/h2-8H,9,17H2,1H3,(H2,18,19,20). The molecule has 0 heterocycles. The molecule has 0 fully saturated rings. The number of carbonyl (C=O) groups excluding carboxylic acids is 1. The molecule has 2 amide bonds. The highest BCUT2D eigenvalue weighted by atomic mass is 19.1. The van der Waals surface area contributed by atoms with Crippen LogP contribution < -0.4 is 21.1 Å². The van der Waals surface area contributed by atoms with Crippen LogP contribution in [0.4, 0.5) is 20.6 Å². The summed E-state index contributed by atoms with van der Waals surface area (Å²) in [4.78, 5) is 11.8. The Morgan fingerprint density at radius 2 is 2.05 bits per heavy atom. The number of methoxy groups -OCH3 is 1. The number of anilines is 2. The lowest BCUT2D eigenvalue weighted by Crippen LogP contribution is -2.20. The van der Waals surface area contributed by atoms with E-state index >= 15 is 0 Å². The summed E-state index contributed by atoms with van der Waals surface area (Å²) in [5, 5.41) is 5.04. The Hall–Kier alpha value is -2.60. The van der Waals surface area contributed by atoms with Gasteiger partial charge < -0.3 is 21.1 Å². The summed E-state index contributed by atoms with van der Waals surface area (Å²) in [5.74, 6) is 0.0880. The number of nitrogens with two attached hydrogens (primary N) is 1. The molecule has 5 nitrogen and oxygen atoms in total. The van der Waals surface area contributed by atoms with Crippen molar-refractivity contribution in [2.45, 2.75) is 6.54 Å². The highest BCUT2D eigenvalue weighted by Crippen LogP contribution is 2.18. The van der Waals surface area contributed by atoms with Crippen molar-refractivity contribution in [3.8, 4) is 5.75 Å². The number of urea groups is 1. The molecular weight excluding hydrogens is 273 g/mol. The molecular formula is C15H16FN3O2. The fourth-order valence-electron chi connectivity index (χ4n) is 1.77. The summed E-state index contributed by atoms with van der Waals surface area (Å²) in [6.07, 6.45) is 0. The quantitative estimate of drug-likeness (QED) is 0.810. The third-order valence-electron chi connectivity index (χ3n) is 2.85. The highest BCUT2D eigenvalue weighted by Gasteiger charge is 2.08. The lowest BCUT2D eigenvalue weighted by Gasteiger charge is -2.10. The van der Waals surface area contributed by atoms with Crippen molar-refractivity contribution in [3.05, 3.63) is 53.8 Å². The molecule has 2 aromatic carbocycles. The van der Waals surface area contributed by atoms with Gasteiger partial charge in [-0.3, -0.25) is 0 Å². The largest absolute Gasteiger partial charge is 0.497 e. The molecule has 110 valence electrons. The molecule has 0 aliphatic carbocycles. The van der Waals surface area contributed by atoms with Gasteiger partial charge in [0, 0.05) is 18.3 Å². The molecule has 0 bridgehead atoms. The van der Waals surface area contributed by atoms with Gasteiger partial charge in [0.1, 0.15) is 11.6 Å². The number of rotatable bonds is 4. The van der Waals surface area contributed by atoms with E-state index in [1.54, 1.807) is 30.3 Å². The van der Waals surface area contributed by atoms with Gasteiger partial charge in [0.25, 0.3) is 0 Å². The van der Waals surface area contributed by atoms with E-state index in [4.69, 9.17) is 10.5 Å². The van der Waals surface area contributed by atoms with Crippen LogP contribution in [-0.2, 0) is 6.54 Å². The van der Waals surface area contributed by atoms with E-state index in [0.29, 0.717) is 17.0 Å². The zero-order valence-corrected chi connectivity index (χ0v) is 11.5. The van der Waals surface area contributed by atoms with Gasteiger partial charge in [-0.15, -0.1) is 0 Å². The third-order valence-corrected chi connectivity index (χ3v) is 2.85. The van der Waals surface area contributed by atoms with Gasteiger partial charge in [0.2, 0.25) is 0 Å². The van der Waals surface area contributed by atoms with Crippen LogP contribution in [0, 0.1) is 5.82 Å². The van der Waals surface area contributed by atoms with Crippen molar-refractivity contribution >= 4 is 17.4 Å². The normalized spacial score (nSPS) is 10.0. The predicted octanol–water partition coefficient (Wildman–Crippen LogP) is 2.94. The van der Waals surface area contributed by atoms with Crippen LogP contribution >= 0.6 is 0 Å². The van der Waals surface area contributed by atoms with Gasteiger partial charge in [-0.2, -0.15) is 0 Å². The smallest absolute Gasteiger partial charge is 0.323 e. The molecule has 0 unspecified atom stereocenters. The van der Waals surface area contributed by atoms with E-state index < -0.39 is 11.8 Å². The van der Waals surface area contributed by atoms with Crippen LogP contribution in [0.2, 0.25) is 0 Å². The number of carbonyl (C=O) groups is 1. The fourth-order valence-corrected chi connectivity index (χ4v) is 1.77.